The lowest BCUT2D eigenvalue weighted by atomic mass is 10.00. The molecule has 0 unspecified atom stereocenters. The maximum Gasteiger partial charge on any atom is 0.164 e. The predicted molar refractivity (Wildman–Crippen MR) is 230 cm³/mol. The average Bonchev–Trinajstić information content (AvgIpc) is 3.95. The second kappa shape index (κ2) is 12.3. The number of furan rings is 2. The second-order valence-corrected chi connectivity index (χ2v) is 14.4. The van der Waals surface area contributed by atoms with E-state index < -0.39 is 0 Å². The molecule has 0 aliphatic carbocycles. The van der Waals surface area contributed by atoms with Gasteiger partial charge < -0.3 is 13.4 Å². The fourth-order valence-corrected chi connectivity index (χ4v) is 8.40. The standard InChI is InChI=1S/C51H30N4O2/c1-3-12-31(13-4-1)49-52-50(54-51(53-49)34-23-26-39-38-17-8-10-21-44(38)56-47(39)30-34)33-24-27-45-42(28-33)40-25-22-32(29-46(40)57-45)36-18-11-19-41-37-16-7-9-20-43(37)55(48(36)41)35-14-5-2-6-15-35/h1-30H. The minimum absolute atomic E-state index is 0.574. The molecular weight excluding hydrogens is 701 g/mol. The Labute approximate surface area is 325 Å². The van der Waals surface area contributed by atoms with Crippen LogP contribution in [0, 0.1) is 0 Å². The van der Waals surface area contributed by atoms with Gasteiger partial charge in [-0.3, -0.25) is 0 Å². The summed E-state index contributed by atoms with van der Waals surface area (Å²) < 4.78 is 15.2. The molecule has 8 aromatic carbocycles. The number of aromatic nitrogens is 4. The van der Waals surface area contributed by atoms with Gasteiger partial charge in [0.05, 0.1) is 11.0 Å². The largest absolute Gasteiger partial charge is 0.456 e. The highest BCUT2D eigenvalue weighted by Crippen LogP contribution is 2.41. The maximum atomic E-state index is 6.57. The fourth-order valence-electron chi connectivity index (χ4n) is 8.40. The number of rotatable bonds is 5. The summed E-state index contributed by atoms with van der Waals surface area (Å²) in [7, 11) is 0. The Kier molecular flexibility index (Phi) is 6.83. The zero-order valence-electron chi connectivity index (χ0n) is 30.4. The second-order valence-electron chi connectivity index (χ2n) is 14.4. The van der Waals surface area contributed by atoms with Crippen molar-refractivity contribution < 1.29 is 8.83 Å². The Morgan fingerprint density at radius 2 is 0.877 bits per heavy atom. The molecule has 6 nitrogen and oxygen atoms in total. The van der Waals surface area contributed by atoms with Crippen molar-refractivity contribution in [2.24, 2.45) is 0 Å². The van der Waals surface area contributed by atoms with Crippen LogP contribution in [-0.4, -0.2) is 19.5 Å². The summed E-state index contributed by atoms with van der Waals surface area (Å²) in [6.07, 6.45) is 0. The molecule has 0 amide bonds. The fraction of sp³-hybridized carbons (Fsp3) is 0. The van der Waals surface area contributed by atoms with Gasteiger partial charge in [0.25, 0.3) is 0 Å². The number of hydrogen-bond acceptors (Lipinski definition) is 5. The third-order valence-electron chi connectivity index (χ3n) is 11.1. The van der Waals surface area contributed by atoms with Crippen LogP contribution >= 0.6 is 0 Å². The van der Waals surface area contributed by atoms with Crippen molar-refractivity contribution in [2.75, 3.05) is 0 Å². The molecule has 0 aliphatic rings. The molecule has 4 aromatic heterocycles. The zero-order chi connectivity index (χ0) is 37.5. The molecule has 0 radical (unpaired) electrons. The molecular formula is C51H30N4O2. The first-order valence-electron chi connectivity index (χ1n) is 19.0. The first-order valence-corrected chi connectivity index (χ1v) is 19.0. The van der Waals surface area contributed by atoms with E-state index in [0.717, 1.165) is 77.4 Å². The predicted octanol–water partition coefficient (Wildman–Crippen LogP) is 13.4. The molecule has 0 saturated heterocycles. The van der Waals surface area contributed by atoms with E-state index in [4.69, 9.17) is 23.8 Å². The third-order valence-corrected chi connectivity index (χ3v) is 11.1. The van der Waals surface area contributed by atoms with E-state index >= 15 is 0 Å². The highest BCUT2D eigenvalue weighted by Gasteiger charge is 2.19. The number of fused-ring (bicyclic) bond motifs is 9. The van der Waals surface area contributed by atoms with Gasteiger partial charge in [0, 0.05) is 60.3 Å². The molecule has 0 fully saturated rings. The lowest BCUT2D eigenvalue weighted by Gasteiger charge is -2.11. The summed E-state index contributed by atoms with van der Waals surface area (Å²) in [4.78, 5) is 15.1. The van der Waals surface area contributed by atoms with Crippen molar-refractivity contribution in [3.8, 4) is 51.0 Å². The van der Waals surface area contributed by atoms with Crippen molar-refractivity contribution in [3.05, 3.63) is 182 Å². The van der Waals surface area contributed by atoms with E-state index in [-0.39, 0.29) is 0 Å². The van der Waals surface area contributed by atoms with E-state index in [1.54, 1.807) is 0 Å². The van der Waals surface area contributed by atoms with Crippen molar-refractivity contribution >= 4 is 65.7 Å². The Bertz CT molecular complexity index is 3530. The number of benzene rings is 8. The van der Waals surface area contributed by atoms with Gasteiger partial charge in [0.15, 0.2) is 17.5 Å². The van der Waals surface area contributed by atoms with Crippen LogP contribution in [0.5, 0.6) is 0 Å². The molecule has 12 rings (SSSR count). The van der Waals surface area contributed by atoms with Gasteiger partial charge in [-0.2, -0.15) is 0 Å². The van der Waals surface area contributed by atoms with Crippen LogP contribution in [-0.2, 0) is 0 Å². The Hall–Kier alpha value is -7.83. The zero-order valence-corrected chi connectivity index (χ0v) is 30.4. The average molecular weight is 731 g/mol. The summed E-state index contributed by atoms with van der Waals surface area (Å²) in [5.41, 5.74) is 11.6. The molecule has 266 valence electrons. The minimum atomic E-state index is 0.574. The highest BCUT2D eigenvalue weighted by molar-refractivity contribution is 6.15. The maximum absolute atomic E-state index is 6.57. The van der Waals surface area contributed by atoms with E-state index in [9.17, 15) is 0 Å². The molecule has 0 N–H and O–H groups in total. The molecule has 0 aliphatic heterocycles. The number of hydrogen-bond donors (Lipinski definition) is 0. The van der Waals surface area contributed by atoms with Crippen LogP contribution in [0.3, 0.4) is 0 Å². The van der Waals surface area contributed by atoms with E-state index in [1.807, 2.05) is 66.7 Å². The van der Waals surface area contributed by atoms with Gasteiger partial charge in [-0.1, -0.05) is 115 Å². The van der Waals surface area contributed by atoms with Gasteiger partial charge in [0.1, 0.15) is 22.3 Å². The lowest BCUT2D eigenvalue weighted by molar-refractivity contribution is 0.668. The normalized spacial score (nSPS) is 11.9. The molecule has 4 heterocycles. The molecule has 0 atom stereocenters. The lowest BCUT2D eigenvalue weighted by Crippen LogP contribution is -2.00. The highest BCUT2D eigenvalue weighted by atomic mass is 16.3. The molecule has 0 saturated carbocycles. The summed E-state index contributed by atoms with van der Waals surface area (Å²) in [6.45, 7) is 0. The van der Waals surface area contributed by atoms with Crippen molar-refractivity contribution in [1.29, 1.82) is 0 Å². The van der Waals surface area contributed by atoms with Gasteiger partial charge in [-0.05, 0) is 72.3 Å². The summed E-state index contributed by atoms with van der Waals surface area (Å²) >= 11 is 0. The van der Waals surface area contributed by atoms with Crippen LogP contribution in [0.15, 0.2) is 191 Å². The first-order chi connectivity index (χ1) is 28.2. The Balaban J connectivity index is 0.997. The van der Waals surface area contributed by atoms with Crippen LogP contribution < -0.4 is 0 Å². The monoisotopic (exact) mass is 730 g/mol. The van der Waals surface area contributed by atoms with E-state index in [2.05, 4.69) is 120 Å². The van der Waals surface area contributed by atoms with Gasteiger partial charge in [-0.25, -0.2) is 15.0 Å². The van der Waals surface area contributed by atoms with Crippen molar-refractivity contribution in [2.45, 2.75) is 0 Å². The van der Waals surface area contributed by atoms with Gasteiger partial charge in [0.2, 0.25) is 0 Å². The molecule has 6 heteroatoms. The Morgan fingerprint density at radius 1 is 0.333 bits per heavy atom. The Morgan fingerprint density at radius 3 is 1.67 bits per heavy atom. The topological polar surface area (TPSA) is 69.9 Å². The number of nitrogens with zero attached hydrogens (tertiary/aromatic N) is 4. The van der Waals surface area contributed by atoms with Gasteiger partial charge >= 0.3 is 0 Å². The molecule has 12 aromatic rings. The van der Waals surface area contributed by atoms with Crippen molar-refractivity contribution in [3.63, 3.8) is 0 Å². The molecule has 0 bridgehead atoms. The molecule has 57 heavy (non-hydrogen) atoms. The quantitative estimate of drug-likeness (QED) is 0.176. The van der Waals surface area contributed by atoms with Gasteiger partial charge in [-0.15, -0.1) is 0 Å². The number of para-hydroxylation sites is 4. The molecule has 0 spiro atoms. The van der Waals surface area contributed by atoms with Crippen LogP contribution in [0.4, 0.5) is 0 Å². The third kappa shape index (κ3) is 5.01. The SMILES string of the molecule is c1ccc(-c2nc(-c3ccc4c(c3)oc3ccccc34)nc(-c3ccc4oc5cc(-c6cccc7c8ccccc8n(-c8ccccc8)c67)ccc5c4c3)n2)cc1. The van der Waals surface area contributed by atoms with Crippen LogP contribution in [0.25, 0.3) is 117 Å². The van der Waals surface area contributed by atoms with Crippen LogP contribution in [0.1, 0.15) is 0 Å². The van der Waals surface area contributed by atoms with E-state index in [0.29, 0.717) is 17.5 Å². The van der Waals surface area contributed by atoms with E-state index in [1.165, 1.54) is 21.8 Å². The minimum Gasteiger partial charge on any atom is -0.456 e. The summed E-state index contributed by atoms with van der Waals surface area (Å²) in [5, 5.41) is 6.60. The smallest absolute Gasteiger partial charge is 0.164 e. The van der Waals surface area contributed by atoms with Crippen LogP contribution in [0.2, 0.25) is 0 Å². The summed E-state index contributed by atoms with van der Waals surface area (Å²) in [6, 6.07) is 62.8. The summed E-state index contributed by atoms with van der Waals surface area (Å²) in [5.74, 6) is 1.76. The first kappa shape index (κ1) is 31.5. The van der Waals surface area contributed by atoms with Crippen molar-refractivity contribution in [1.82, 2.24) is 19.5 Å².